The third-order valence-electron chi connectivity index (χ3n) is 6.15. The molecule has 0 radical (unpaired) electrons. The number of methoxy groups -OCH3 is 1. The fraction of sp³-hybridized carbons (Fsp3) is 0.586. The lowest BCUT2D eigenvalue weighted by Crippen LogP contribution is -2.53. The van der Waals surface area contributed by atoms with Crippen LogP contribution in [0.15, 0.2) is 24.8 Å². The Balaban J connectivity index is 1.78. The minimum absolute atomic E-state index is 0.101. The van der Waals surface area contributed by atoms with Gasteiger partial charge in [0.15, 0.2) is 6.10 Å². The number of allylic oxidation sites excluding steroid dienone is 1. The van der Waals surface area contributed by atoms with E-state index in [1.807, 2.05) is 56.9 Å². The van der Waals surface area contributed by atoms with Gasteiger partial charge in [-0.2, -0.15) is 0 Å². The zero-order valence-corrected chi connectivity index (χ0v) is 23.0. The van der Waals surface area contributed by atoms with E-state index in [1.54, 1.807) is 12.0 Å². The number of carbonyl (C=O) groups is 2. The molecule has 8 nitrogen and oxygen atoms in total. The monoisotopic (exact) mass is 514 g/mol. The molecule has 0 unspecified atom stereocenters. The first-order valence-corrected chi connectivity index (χ1v) is 13.1. The van der Waals surface area contributed by atoms with E-state index in [4.69, 9.17) is 18.9 Å². The maximum atomic E-state index is 13.6. The summed E-state index contributed by atoms with van der Waals surface area (Å²) in [6, 6.07) is 4.23. The number of hydrogen-bond donors (Lipinski definition) is 0. The van der Waals surface area contributed by atoms with E-state index < -0.39 is 17.8 Å². The van der Waals surface area contributed by atoms with Gasteiger partial charge in [-0.1, -0.05) is 24.8 Å². The summed E-state index contributed by atoms with van der Waals surface area (Å²) in [7, 11) is 1.67. The van der Waals surface area contributed by atoms with Gasteiger partial charge in [0.1, 0.15) is 11.4 Å². The van der Waals surface area contributed by atoms with Gasteiger partial charge in [-0.05, 0) is 63.8 Å². The van der Waals surface area contributed by atoms with E-state index in [0.29, 0.717) is 32.9 Å². The number of morpholine rings is 1. The predicted molar refractivity (Wildman–Crippen MR) is 144 cm³/mol. The fourth-order valence-electron chi connectivity index (χ4n) is 4.26. The Morgan fingerprint density at radius 3 is 2.62 bits per heavy atom. The summed E-state index contributed by atoms with van der Waals surface area (Å²) >= 11 is 0. The molecule has 1 heterocycles. The standard InChI is InChI=1S/C29H42N2O6/c1-7-10-24-22(8-2)17-21(18-25(24)35-15-9-14-34-6)19-31(23-11-12-23)27(32)26-20-30(13-16-36-26)28(33)37-29(3,4)5/h7-8,10,17-18,23,26H,2,9,11-16,19-20H2,1,3-6H3/b10-7-/t26-/m1/s1. The predicted octanol–water partition coefficient (Wildman–Crippen LogP) is 4.90. The molecule has 1 aliphatic carbocycles. The molecule has 1 aliphatic heterocycles. The van der Waals surface area contributed by atoms with Crippen LogP contribution in [0.5, 0.6) is 5.75 Å². The van der Waals surface area contributed by atoms with Crippen LogP contribution in [0.1, 0.15) is 63.6 Å². The first-order valence-electron chi connectivity index (χ1n) is 13.1. The van der Waals surface area contributed by atoms with Crippen LogP contribution in [0.3, 0.4) is 0 Å². The van der Waals surface area contributed by atoms with E-state index in [2.05, 4.69) is 12.6 Å². The second-order valence-corrected chi connectivity index (χ2v) is 10.5. The van der Waals surface area contributed by atoms with E-state index in [9.17, 15) is 9.59 Å². The maximum Gasteiger partial charge on any atom is 0.410 e. The van der Waals surface area contributed by atoms with Crippen LogP contribution in [-0.4, -0.2) is 79.6 Å². The number of rotatable bonds is 11. The average Bonchev–Trinajstić information content (AvgIpc) is 3.70. The van der Waals surface area contributed by atoms with Crippen molar-refractivity contribution in [2.24, 2.45) is 0 Å². The molecule has 2 aliphatic rings. The molecular weight excluding hydrogens is 472 g/mol. The van der Waals surface area contributed by atoms with Gasteiger partial charge in [-0.25, -0.2) is 4.79 Å². The highest BCUT2D eigenvalue weighted by atomic mass is 16.6. The van der Waals surface area contributed by atoms with Crippen molar-refractivity contribution < 1.29 is 28.5 Å². The van der Waals surface area contributed by atoms with Gasteiger partial charge in [-0.15, -0.1) is 0 Å². The van der Waals surface area contributed by atoms with Gasteiger partial charge in [-0.3, -0.25) is 4.79 Å². The smallest absolute Gasteiger partial charge is 0.410 e. The molecule has 3 rings (SSSR count). The van der Waals surface area contributed by atoms with Crippen molar-refractivity contribution >= 4 is 24.2 Å². The largest absolute Gasteiger partial charge is 0.493 e. The van der Waals surface area contributed by atoms with Crippen molar-refractivity contribution in [3.8, 4) is 5.75 Å². The van der Waals surface area contributed by atoms with Crippen molar-refractivity contribution in [1.29, 1.82) is 0 Å². The topological polar surface area (TPSA) is 77.5 Å². The van der Waals surface area contributed by atoms with E-state index in [1.165, 1.54) is 0 Å². The van der Waals surface area contributed by atoms with Crippen molar-refractivity contribution in [3.05, 3.63) is 41.5 Å². The summed E-state index contributed by atoms with van der Waals surface area (Å²) in [6.07, 6.45) is 7.36. The number of ether oxygens (including phenoxy) is 4. The third-order valence-corrected chi connectivity index (χ3v) is 6.15. The molecule has 0 aromatic heterocycles. The maximum absolute atomic E-state index is 13.6. The van der Waals surface area contributed by atoms with Gasteiger partial charge in [0.25, 0.3) is 5.91 Å². The normalized spacial score (nSPS) is 18.1. The molecule has 0 bridgehead atoms. The highest BCUT2D eigenvalue weighted by Gasteiger charge is 2.39. The van der Waals surface area contributed by atoms with Gasteiger partial charge in [0.2, 0.25) is 0 Å². The summed E-state index contributed by atoms with van der Waals surface area (Å²) in [5, 5.41) is 0. The number of carbonyl (C=O) groups excluding carboxylic acids is 2. The van der Waals surface area contributed by atoms with Crippen molar-refractivity contribution in [2.75, 3.05) is 40.0 Å². The molecule has 1 aromatic rings. The summed E-state index contributed by atoms with van der Waals surface area (Å²) in [6.45, 7) is 13.9. The Morgan fingerprint density at radius 1 is 1.24 bits per heavy atom. The second-order valence-electron chi connectivity index (χ2n) is 10.5. The number of nitrogens with zero attached hydrogens (tertiary/aromatic N) is 2. The quantitative estimate of drug-likeness (QED) is 0.391. The van der Waals surface area contributed by atoms with E-state index in [0.717, 1.165) is 41.7 Å². The molecule has 1 saturated heterocycles. The van der Waals surface area contributed by atoms with Gasteiger partial charge in [0, 0.05) is 44.8 Å². The fourth-order valence-corrected chi connectivity index (χ4v) is 4.26. The Bertz CT molecular complexity index is 979. The summed E-state index contributed by atoms with van der Waals surface area (Å²) in [5.41, 5.74) is 2.28. The molecule has 0 spiro atoms. The van der Waals surface area contributed by atoms with Crippen molar-refractivity contribution in [2.45, 2.75) is 71.2 Å². The van der Waals surface area contributed by atoms with Crippen molar-refractivity contribution in [3.63, 3.8) is 0 Å². The second kappa shape index (κ2) is 13.1. The van der Waals surface area contributed by atoms with Gasteiger partial charge < -0.3 is 28.7 Å². The number of benzene rings is 1. The summed E-state index contributed by atoms with van der Waals surface area (Å²) in [4.78, 5) is 29.7. The summed E-state index contributed by atoms with van der Waals surface area (Å²) in [5.74, 6) is 0.658. The molecule has 2 fully saturated rings. The zero-order valence-electron chi connectivity index (χ0n) is 23.0. The Kier molecular flexibility index (Phi) is 10.2. The third kappa shape index (κ3) is 8.33. The molecule has 1 aromatic carbocycles. The van der Waals surface area contributed by atoms with Gasteiger partial charge >= 0.3 is 6.09 Å². The highest BCUT2D eigenvalue weighted by molar-refractivity contribution is 5.83. The molecule has 204 valence electrons. The Morgan fingerprint density at radius 2 is 2.00 bits per heavy atom. The van der Waals surface area contributed by atoms with Crippen LogP contribution in [0.2, 0.25) is 0 Å². The van der Waals surface area contributed by atoms with Crippen molar-refractivity contribution in [1.82, 2.24) is 9.80 Å². The molecule has 1 atom stereocenters. The lowest BCUT2D eigenvalue weighted by Gasteiger charge is -2.36. The molecule has 2 amide bonds. The first kappa shape index (κ1) is 28.7. The Labute approximate surface area is 221 Å². The SMILES string of the molecule is C=Cc1cc(CN(C(=O)[C@H]2CN(C(=O)OC(C)(C)C)CCO2)C2CC2)cc(OCCCOC)c1/C=C\C. The van der Waals surface area contributed by atoms with Crippen LogP contribution in [0, 0.1) is 0 Å². The lowest BCUT2D eigenvalue weighted by molar-refractivity contribution is -0.150. The first-order chi connectivity index (χ1) is 17.7. The summed E-state index contributed by atoms with van der Waals surface area (Å²) < 4.78 is 22.6. The van der Waals surface area contributed by atoms with Crippen LogP contribution in [0.4, 0.5) is 4.79 Å². The lowest BCUT2D eigenvalue weighted by atomic mass is 10.0. The minimum Gasteiger partial charge on any atom is -0.493 e. The Hall–Kier alpha value is -2.84. The van der Waals surface area contributed by atoms with E-state index in [-0.39, 0.29) is 18.5 Å². The van der Waals surface area contributed by atoms with Crippen LogP contribution >= 0.6 is 0 Å². The molecule has 1 saturated carbocycles. The molecule has 37 heavy (non-hydrogen) atoms. The van der Waals surface area contributed by atoms with E-state index >= 15 is 0 Å². The molecular formula is C29H42N2O6. The van der Waals surface area contributed by atoms with Crippen LogP contribution in [-0.2, 0) is 25.5 Å². The van der Waals surface area contributed by atoms with Crippen LogP contribution < -0.4 is 4.74 Å². The zero-order chi connectivity index (χ0) is 27.0. The molecule has 8 heteroatoms. The minimum atomic E-state index is -0.715. The van der Waals surface area contributed by atoms with Gasteiger partial charge in [0.05, 0.1) is 19.8 Å². The highest BCUT2D eigenvalue weighted by Crippen LogP contribution is 2.33. The van der Waals surface area contributed by atoms with Crippen LogP contribution in [0.25, 0.3) is 12.2 Å². The average molecular weight is 515 g/mol. The molecule has 0 N–H and O–H groups in total. The number of amides is 2. The number of hydrogen-bond acceptors (Lipinski definition) is 6.